The van der Waals surface area contributed by atoms with Crippen LogP contribution in [-0.2, 0) is 0 Å². The van der Waals surface area contributed by atoms with E-state index in [9.17, 15) is 0 Å². The summed E-state index contributed by atoms with van der Waals surface area (Å²) in [5, 5.41) is 3.70. The molecule has 1 aromatic heterocycles. The lowest BCUT2D eigenvalue weighted by Crippen LogP contribution is -2.24. The van der Waals surface area contributed by atoms with Crippen molar-refractivity contribution in [3.8, 4) is 0 Å². The van der Waals surface area contributed by atoms with Crippen LogP contribution in [0.3, 0.4) is 0 Å². The average molecular weight is 343 g/mol. The smallest absolute Gasteiger partial charge is 0.118 e. The number of hydrogen-bond acceptors (Lipinski definition) is 3. The second-order valence-corrected chi connectivity index (χ2v) is 6.39. The predicted molar refractivity (Wildman–Crippen MR) is 110 cm³/mol. The Hall–Kier alpha value is -3.07. The monoisotopic (exact) mass is 343 g/mol. The number of hydrogen-bond donors (Lipinski definition) is 1. The summed E-state index contributed by atoms with van der Waals surface area (Å²) < 4.78 is 0. The predicted octanol–water partition coefficient (Wildman–Crippen LogP) is 5.79. The van der Waals surface area contributed by atoms with Gasteiger partial charge in [-0.2, -0.15) is 0 Å². The van der Waals surface area contributed by atoms with Gasteiger partial charge in [0.2, 0.25) is 0 Å². The Bertz CT molecular complexity index is 882. The first kappa shape index (κ1) is 17.7. The summed E-state index contributed by atoms with van der Waals surface area (Å²) in [5.74, 6) is 1.03. The van der Waals surface area contributed by atoms with Crippen molar-refractivity contribution in [1.82, 2.24) is 9.88 Å². The minimum absolute atomic E-state index is 1.03. The number of pyridine rings is 1. The van der Waals surface area contributed by atoms with Crippen LogP contribution in [0, 0.1) is 13.8 Å². The molecule has 1 aliphatic rings. The molecule has 132 valence electrons. The molecule has 0 spiro atoms. The van der Waals surface area contributed by atoms with E-state index >= 15 is 0 Å². The zero-order chi connectivity index (χ0) is 18.5. The number of nitrogens with zero attached hydrogens (tertiary/aromatic N) is 2. The number of para-hydroxylation sites is 1. The van der Waals surface area contributed by atoms with Gasteiger partial charge in [-0.05, 0) is 68.2 Å². The summed E-state index contributed by atoms with van der Waals surface area (Å²) in [6.45, 7) is 8.46. The van der Waals surface area contributed by atoms with Crippen LogP contribution < -0.4 is 5.32 Å². The molecule has 0 radical (unpaired) electrons. The van der Waals surface area contributed by atoms with Crippen molar-refractivity contribution in [1.29, 1.82) is 0 Å². The average Bonchev–Trinajstić information content (AvgIpc) is 2.68. The van der Waals surface area contributed by atoms with Crippen molar-refractivity contribution in [3.63, 3.8) is 0 Å². The maximum atomic E-state index is 4.29. The first-order chi connectivity index (χ1) is 12.6. The third-order valence-corrected chi connectivity index (χ3v) is 4.60. The molecule has 0 fully saturated rings. The third-order valence-electron chi connectivity index (χ3n) is 4.60. The fourth-order valence-electron chi connectivity index (χ4n) is 3.08. The molecule has 3 rings (SSSR count). The molecule has 1 aromatic carbocycles. The lowest BCUT2D eigenvalue weighted by molar-refractivity contribution is 0.594. The number of allylic oxidation sites excluding steroid dienone is 5. The van der Waals surface area contributed by atoms with Gasteiger partial charge in [-0.3, -0.25) is 4.98 Å². The second kappa shape index (κ2) is 7.87. The normalized spacial score (nSPS) is 16.0. The van der Waals surface area contributed by atoms with E-state index in [1.54, 1.807) is 6.20 Å². The Balaban J connectivity index is 2.14. The lowest BCUT2D eigenvalue weighted by atomic mass is 10.1. The van der Waals surface area contributed by atoms with Crippen LogP contribution in [0.4, 0.5) is 5.69 Å². The molecule has 3 nitrogen and oxygen atoms in total. The molecular formula is C23H25N3. The van der Waals surface area contributed by atoms with Gasteiger partial charge >= 0.3 is 0 Å². The van der Waals surface area contributed by atoms with Crippen LogP contribution in [0.2, 0.25) is 0 Å². The number of benzene rings is 1. The Morgan fingerprint density at radius 3 is 2.50 bits per heavy atom. The number of aromatic nitrogens is 1. The van der Waals surface area contributed by atoms with Crippen molar-refractivity contribution < 1.29 is 0 Å². The van der Waals surface area contributed by atoms with Gasteiger partial charge in [0.25, 0.3) is 0 Å². The Morgan fingerprint density at radius 1 is 1.08 bits per heavy atom. The van der Waals surface area contributed by atoms with Gasteiger partial charge in [-0.15, -0.1) is 0 Å². The summed E-state index contributed by atoms with van der Waals surface area (Å²) in [6, 6.07) is 10.4. The molecule has 3 heteroatoms. The molecule has 0 saturated heterocycles. The van der Waals surface area contributed by atoms with E-state index < -0.39 is 0 Å². The van der Waals surface area contributed by atoms with Crippen LogP contribution in [0.1, 0.15) is 30.5 Å². The third kappa shape index (κ3) is 3.62. The van der Waals surface area contributed by atoms with E-state index in [0.717, 1.165) is 28.3 Å². The van der Waals surface area contributed by atoms with Crippen LogP contribution >= 0.6 is 0 Å². The van der Waals surface area contributed by atoms with Gasteiger partial charge in [-0.1, -0.05) is 36.4 Å². The first-order valence-corrected chi connectivity index (χ1v) is 8.86. The highest BCUT2D eigenvalue weighted by Gasteiger charge is 2.17. The highest BCUT2D eigenvalue weighted by Crippen LogP contribution is 2.30. The molecule has 0 atom stereocenters. The summed E-state index contributed by atoms with van der Waals surface area (Å²) in [4.78, 5) is 6.48. The molecule has 0 bridgehead atoms. The quantitative estimate of drug-likeness (QED) is 0.762. The van der Waals surface area contributed by atoms with E-state index in [4.69, 9.17) is 0 Å². The van der Waals surface area contributed by atoms with Crippen LogP contribution in [0.15, 0.2) is 84.7 Å². The molecular weight excluding hydrogens is 318 g/mol. The second-order valence-electron chi connectivity index (χ2n) is 6.39. The minimum atomic E-state index is 1.03. The zero-order valence-corrected chi connectivity index (χ0v) is 15.8. The van der Waals surface area contributed by atoms with Crippen molar-refractivity contribution in [2.75, 3.05) is 5.32 Å². The van der Waals surface area contributed by atoms with Crippen molar-refractivity contribution in [2.45, 2.75) is 27.7 Å². The van der Waals surface area contributed by atoms with Gasteiger partial charge in [0, 0.05) is 30.0 Å². The molecule has 1 N–H and O–H groups in total. The lowest BCUT2D eigenvalue weighted by Gasteiger charge is -2.30. The molecule has 2 aromatic rings. The fraction of sp³-hybridized carbons (Fsp3) is 0.174. The molecule has 0 unspecified atom stereocenters. The minimum Gasteiger partial charge on any atom is -0.341 e. The van der Waals surface area contributed by atoms with Crippen molar-refractivity contribution >= 4 is 11.3 Å². The molecule has 0 aliphatic carbocycles. The topological polar surface area (TPSA) is 28.2 Å². The summed E-state index contributed by atoms with van der Waals surface area (Å²) in [6.07, 6.45) is 14.1. The van der Waals surface area contributed by atoms with Gasteiger partial charge in [0.05, 0.1) is 0 Å². The zero-order valence-electron chi connectivity index (χ0n) is 15.8. The SMILES string of the molecule is CC=C1C=CC=CN1/C(Nc1c(C)cccc1C)=C(\C)c1cccnc1. The molecule has 0 saturated carbocycles. The van der Waals surface area contributed by atoms with Gasteiger partial charge in [0.1, 0.15) is 5.82 Å². The summed E-state index contributed by atoms with van der Waals surface area (Å²) >= 11 is 0. The Morgan fingerprint density at radius 2 is 1.85 bits per heavy atom. The Kier molecular flexibility index (Phi) is 5.37. The van der Waals surface area contributed by atoms with Gasteiger partial charge in [0.15, 0.2) is 0 Å². The summed E-state index contributed by atoms with van der Waals surface area (Å²) in [5.41, 5.74) is 6.95. The van der Waals surface area contributed by atoms with Crippen molar-refractivity contribution in [2.24, 2.45) is 0 Å². The number of nitrogens with one attached hydrogen (secondary N) is 1. The number of rotatable bonds is 4. The largest absolute Gasteiger partial charge is 0.341 e. The van der Waals surface area contributed by atoms with Gasteiger partial charge in [-0.25, -0.2) is 0 Å². The number of aryl methyl sites for hydroxylation is 2. The van der Waals surface area contributed by atoms with Crippen LogP contribution in [0.5, 0.6) is 0 Å². The maximum Gasteiger partial charge on any atom is 0.118 e. The van der Waals surface area contributed by atoms with E-state index in [-0.39, 0.29) is 0 Å². The molecule has 2 heterocycles. The molecule has 26 heavy (non-hydrogen) atoms. The molecule has 1 aliphatic heterocycles. The number of anilines is 1. The van der Waals surface area contributed by atoms with E-state index in [0.29, 0.717) is 0 Å². The molecule has 0 amide bonds. The van der Waals surface area contributed by atoms with E-state index in [1.165, 1.54) is 11.1 Å². The van der Waals surface area contributed by atoms with E-state index in [2.05, 4.69) is 97.7 Å². The summed E-state index contributed by atoms with van der Waals surface area (Å²) in [7, 11) is 0. The van der Waals surface area contributed by atoms with Crippen molar-refractivity contribution in [3.05, 3.63) is 101 Å². The van der Waals surface area contributed by atoms with E-state index in [1.807, 2.05) is 12.3 Å². The maximum absolute atomic E-state index is 4.29. The highest BCUT2D eigenvalue weighted by atomic mass is 15.2. The Labute approximate surface area is 156 Å². The van der Waals surface area contributed by atoms with Crippen LogP contribution in [0.25, 0.3) is 5.57 Å². The highest BCUT2D eigenvalue weighted by molar-refractivity contribution is 5.72. The standard InChI is InChI=1S/C23H25N3/c1-5-21-13-6-7-15-26(21)23(19(4)20-12-9-14-24-16-20)25-22-17(2)10-8-11-18(22)3/h5-16,25H,1-4H3/b21-5?,23-19+. The first-order valence-electron chi connectivity index (χ1n) is 8.86. The fourth-order valence-corrected chi connectivity index (χ4v) is 3.08. The van der Waals surface area contributed by atoms with Crippen LogP contribution in [-0.4, -0.2) is 9.88 Å². The van der Waals surface area contributed by atoms with Gasteiger partial charge < -0.3 is 10.2 Å².